The summed E-state index contributed by atoms with van der Waals surface area (Å²) in [5.41, 5.74) is 18.2. The Labute approximate surface area is 428 Å². The molecular formula is C65H64N4S2. The number of aryl methyl sites for hydroxylation is 2. The Morgan fingerprint density at radius 1 is 0.423 bits per heavy atom. The number of thiophene rings is 2. The third kappa shape index (κ3) is 9.15. The van der Waals surface area contributed by atoms with Gasteiger partial charge in [-0.2, -0.15) is 0 Å². The molecule has 71 heavy (non-hydrogen) atoms. The summed E-state index contributed by atoms with van der Waals surface area (Å²) in [4.78, 5) is 26.1. The number of pyridine rings is 2. The fourth-order valence-electron chi connectivity index (χ4n) is 11.6. The van der Waals surface area contributed by atoms with Crippen LogP contribution < -0.4 is 0 Å². The number of aromatic nitrogens is 4. The number of hydrogen-bond acceptors (Lipinski definition) is 6. The van der Waals surface area contributed by atoms with Crippen LogP contribution in [0.3, 0.4) is 0 Å². The number of fused-ring (bicyclic) bond motifs is 6. The van der Waals surface area contributed by atoms with E-state index < -0.39 is 0 Å². The SMILES string of the molecule is CCCCCCCCC1(CCCCCCCC)c2cc(C)ccc2-c2ccc(-c3ccc(-c4ccc(-c5ccc(C)s5)c5nc(-c6cccc7ncccc67)c(-c6cccc7ncccc67)nc45)s3)cc21. The number of hydrogen-bond donors (Lipinski definition) is 0. The average molecular weight is 965 g/mol. The molecule has 1 aliphatic carbocycles. The molecule has 5 aromatic heterocycles. The van der Waals surface area contributed by atoms with Crippen LogP contribution in [0.25, 0.3) is 97.8 Å². The predicted octanol–water partition coefficient (Wildman–Crippen LogP) is 19.6. The van der Waals surface area contributed by atoms with Gasteiger partial charge in [-0.1, -0.05) is 175 Å². The molecule has 0 radical (unpaired) electrons. The van der Waals surface area contributed by atoms with Crippen molar-refractivity contribution in [1.82, 2.24) is 19.9 Å². The van der Waals surface area contributed by atoms with Crippen molar-refractivity contribution >= 4 is 55.5 Å². The molecule has 1 aliphatic rings. The van der Waals surface area contributed by atoms with Gasteiger partial charge in [0.2, 0.25) is 0 Å². The van der Waals surface area contributed by atoms with Crippen molar-refractivity contribution in [1.29, 1.82) is 0 Å². The molecule has 356 valence electrons. The number of unbranched alkanes of at least 4 members (excludes halogenated alkanes) is 10. The highest BCUT2D eigenvalue weighted by atomic mass is 32.1. The summed E-state index contributed by atoms with van der Waals surface area (Å²) in [5.74, 6) is 0. The minimum Gasteiger partial charge on any atom is -0.256 e. The summed E-state index contributed by atoms with van der Waals surface area (Å²) >= 11 is 3.68. The van der Waals surface area contributed by atoms with Crippen LogP contribution in [-0.2, 0) is 5.41 Å². The summed E-state index contributed by atoms with van der Waals surface area (Å²) in [7, 11) is 0. The summed E-state index contributed by atoms with van der Waals surface area (Å²) in [6, 6.07) is 49.5. The molecule has 0 saturated carbocycles. The number of rotatable bonds is 19. The molecular weight excluding hydrogens is 901 g/mol. The lowest BCUT2D eigenvalue weighted by Gasteiger charge is -2.33. The fourth-order valence-corrected chi connectivity index (χ4v) is 13.5. The second-order valence-corrected chi connectivity index (χ2v) is 22.4. The average Bonchev–Trinajstić information content (AvgIpc) is 4.14. The van der Waals surface area contributed by atoms with Gasteiger partial charge in [-0.25, -0.2) is 9.97 Å². The lowest BCUT2D eigenvalue weighted by Crippen LogP contribution is -2.25. The van der Waals surface area contributed by atoms with Gasteiger partial charge in [-0.05, 0) is 109 Å². The third-order valence-corrected chi connectivity index (χ3v) is 17.4. The maximum atomic E-state index is 5.83. The molecule has 0 fully saturated rings. The highest BCUT2D eigenvalue weighted by molar-refractivity contribution is 7.19. The van der Waals surface area contributed by atoms with Crippen molar-refractivity contribution in [3.8, 4) is 65.0 Å². The van der Waals surface area contributed by atoms with E-state index in [1.807, 2.05) is 35.9 Å². The second-order valence-electron chi connectivity index (χ2n) is 20.0. The van der Waals surface area contributed by atoms with E-state index >= 15 is 0 Å². The second kappa shape index (κ2) is 20.8. The van der Waals surface area contributed by atoms with Crippen molar-refractivity contribution < 1.29 is 0 Å². The monoisotopic (exact) mass is 964 g/mol. The smallest absolute Gasteiger partial charge is 0.0988 e. The van der Waals surface area contributed by atoms with E-state index in [0.717, 1.165) is 66.5 Å². The molecule has 4 nitrogen and oxygen atoms in total. The molecule has 11 rings (SSSR count). The molecule has 0 atom stereocenters. The van der Waals surface area contributed by atoms with Crippen molar-refractivity contribution in [2.75, 3.05) is 0 Å². The first-order valence-corrected chi connectivity index (χ1v) is 28.0. The molecule has 10 aromatic rings. The minimum absolute atomic E-state index is 0.0233. The van der Waals surface area contributed by atoms with Crippen molar-refractivity contribution in [3.05, 3.63) is 167 Å². The van der Waals surface area contributed by atoms with Gasteiger partial charge < -0.3 is 0 Å². The highest BCUT2D eigenvalue weighted by Crippen LogP contribution is 2.56. The van der Waals surface area contributed by atoms with Crippen LogP contribution in [0.2, 0.25) is 0 Å². The maximum Gasteiger partial charge on any atom is 0.0988 e. The summed E-state index contributed by atoms with van der Waals surface area (Å²) in [5, 5.41) is 2.10. The van der Waals surface area contributed by atoms with E-state index in [9.17, 15) is 0 Å². The van der Waals surface area contributed by atoms with Crippen LogP contribution in [-0.4, -0.2) is 19.9 Å². The Morgan fingerprint density at radius 3 is 1.51 bits per heavy atom. The maximum absolute atomic E-state index is 5.83. The van der Waals surface area contributed by atoms with E-state index in [1.165, 1.54) is 132 Å². The van der Waals surface area contributed by atoms with E-state index in [1.54, 1.807) is 22.5 Å². The Balaban J connectivity index is 1.06. The largest absolute Gasteiger partial charge is 0.256 e. The van der Waals surface area contributed by atoms with Crippen molar-refractivity contribution in [2.24, 2.45) is 0 Å². The zero-order valence-electron chi connectivity index (χ0n) is 41.9. The first-order chi connectivity index (χ1) is 34.9. The lowest BCUT2D eigenvalue weighted by molar-refractivity contribution is 0.398. The molecule has 0 aliphatic heterocycles. The molecule has 5 heterocycles. The Morgan fingerprint density at radius 2 is 0.930 bits per heavy atom. The van der Waals surface area contributed by atoms with Crippen LogP contribution in [0.1, 0.15) is 125 Å². The first-order valence-electron chi connectivity index (χ1n) is 26.4. The molecule has 6 heteroatoms. The van der Waals surface area contributed by atoms with Gasteiger partial charge in [0.05, 0.1) is 33.5 Å². The van der Waals surface area contributed by atoms with Gasteiger partial charge in [0.25, 0.3) is 0 Å². The van der Waals surface area contributed by atoms with Crippen LogP contribution in [0.4, 0.5) is 0 Å². The van der Waals surface area contributed by atoms with Gasteiger partial charge >= 0.3 is 0 Å². The predicted molar refractivity (Wildman–Crippen MR) is 305 cm³/mol. The topological polar surface area (TPSA) is 51.6 Å². The molecule has 0 unspecified atom stereocenters. The quantitative estimate of drug-likeness (QED) is 0.0758. The molecule has 5 aromatic carbocycles. The molecule has 0 N–H and O–H groups in total. The highest BCUT2D eigenvalue weighted by Gasteiger charge is 2.42. The van der Waals surface area contributed by atoms with Crippen LogP contribution in [0.15, 0.2) is 146 Å². The van der Waals surface area contributed by atoms with E-state index in [-0.39, 0.29) is 5.41 Å². The van der Waals surface area contributed by atoms with Crippen LogP contribution in [0.5, 0.6) is 0 Å². The number of benzene rings is 5. The van der Waals surface area contributed by atoms with Crippen LogP contribution >= 0.6 is 22.7 Å². The molecule has 0 spiro atoms. The van der Waals surface area contributed by atoms with Gasteiger partial charge in [0.15, 0.2) is 0 Å². The fraction of sp³-hybridized carbons (Fsp3) is 0.292. The number of nitrogens with zero attached hydrogens (tertiary/aromatic N) is 4. The van der Waals surface area contributed by atoms with Gasteiger partial charge in [0.1, 0.15) is 0 Å². The van der Waals surface area contributed by atoms with Gasteiger partial charge in [0, 0.05) is 70.3 Å². The molecule has 0 amide bonds. The van der Waals surface area contributed by atoms with E-state index in [0.29, 0.717) is 0 Å². The summed E-state index contributed by atoms with van der Waals surface area (Å²) < 4.78 is 0. The summed E-state index contributed by atoms with van der Waals surface area (Å²) in [6.07, 6.45) is 21.9. The minimum atomic E-state index is 0.0233. The standard InChI is InChI=1S/C65H64N4S2/c1-5-7-9-11-13-15-37-65(38-16-14-12-10-8-6-2)54-41-43(3)27-30-46(54)47-31-29-45(42-55(47)65)58-35-36-60(71-58)53-33-32-52(59-34-28-44(4)70-59)63-64(53)69-62(51-22-18-26-57-49(51)24-20-40-67-57)61(68-63)50-21-17-25-56-48(50)23-19-39-66-56/h17-36,39-42H,5-16,37-38H2,1-4H3. The van der Waals surface area contributed by atoms with Crippen LogP contribution in [0, 0.1) is 13.8 Å². The summed E-state index contributed by atoms with van der Waals surface area (Å²) in [6.45, 7) is 9.10. The third-order valence-electron chi connectivity index (χ3n) is 15.2. The van der Waals surface area contributed by atoms with Crippen molar-refractivity contribution in [2.45, 2.75) is 123 Å². The molecule has 0 saturated heterocycles. The van der Waals surface area contributed by atoms with Crippen molar-refractivity contribution in [3.63, 3.8) is 0 Å². The van der Waals surface area contributed by atoms with E-state index in [2.05, 4.69) is 149 Å². The first kappa shape index (κ1) is 47.0. The normalized spacial score (nSPS) is 12.8. The zero-order chi connectivity index (χ0) is 48.3. The van der Waals surface area contributed by atoms with Gasteiger partial charge in [-0.15, -0.1) is 22.7 Å². The Kier molecular flexibility index (Phi) is 13.8. The lowest BCUT2D eigenvalue weighted by atomic mass is 9.70. The zero-order valence-corrected chi connectivity index (χ0v) is 43.5. The Bertz CT molecular complexity index is 3500. The van der Waals surface area contributed by atoms with Gasteiger partial charge in [-0.3, -0.25) is 9.97 Å². The molecule has 0 bridgehead atoms. The Hall–Kier alpha value is -6.34. The van der Waals surface area contributed by atoms with E-state index in [4.69, 9.17) is 19.9 Å².